The lowest BCUT2D eigenvalue weighted by Gasteiger charge is -2.31. The van der Waals surface area contributed by atoms with E-state index in [0.717, 1.165) is 23.7 Å². The molecule has 4 heteroatoms. The zero-order valence-electron chi connectivity index (χ0n) is 11.4. The van der Waals surface area contributed by atoms with E-state index in [1.54, 1.807) is 18.2 Å². The third-order valence-electron chi connectivity index (χ3n) is 4.06. The largest absolute Gasteiger partial charge is 0.459 e. The molecule has 1 fully saturated rings. The predicted octanol–water partition coefficient (Wildman–Crippen LogP) is 4.01. The fourth-order valence-corrected chi connectivity index (χ4v) is 2.92. The number of nitrogens with two attached hydrogens (primary N) is 1. The molecule has 1 aliphatic carbocycles. The Balaban J connectivity index is 2.01. The Kier molecular flexibility index (Phi) is 4.50. The van der Waals surface area contributed by atoms with E-state index >= 15 is 0 Å². The fourth-order valence-electron chi connectivity index (χ4n) is 2.54. The van der Waals surface area contributed by atoms with Gasteiger partial charge < -0.3 is 10.5 Å². The molecule has 0 aliphatic heterocycles. The average Bonchev–Trinajstić information content (AvgIpc) is 2.33. The Morgan fingerprint density at radius 2 is 2.05 bits per heavy atom. The van der Waals surface area contributed by atoms with Gasteiger partial charge in [0.15, 0.2) is 0 Å². The summed E-state index contributed by atoms with van der Waals surface area (Å²) in [4.78, 5) is 12.1. The van der Waals surface area contributed by atoms with Gasteiger partial charge in [0.1, 0.15) is 6.10 Å². The maximum Gasteiger partial charge on any atom is 0.340 e. The molecule has 1 aromatic rings. The zero-order chi connectivity index (χ0) is 14.0. The molecule has 2 rings (SSSR count). The van der Waals surface area contributed by atoms with E-state index in [9.17, 15) is 4.79 Å². The van der Waals surface area contributed by atoms with Crippen LogP contribution in [0, 0.1) is 11.8 Å². The first kappa shape index (κ1) is 14.4. The Morgan fingerprint density at radius 1 is 1.32 bits per heavy atom. The Morgan fingerprint density at radius 3 is 2.68 bits per heavy atom. The summed E-state index contributed by atoms with van der Waals surface area (Å²) in [6, 6.07) is 5.23. The van der Waals surface area contributed by atoms with Crippen molar-refractivity contribution >= 4 is 27.6 Å². The Bertz CT molecular complexity index is 475. The Labute approximate surface area is 122 Å². The average molecular weight is 326 g/mol. The van der Waals surface area contributed by atoms with Gasteiger partial charge in [-0.15, -0.1) is 0 Å². The van der Waals surface area contributed by atoms with Crippen LogP contribution in [0.25, 0.3) is 0 Å². The molecule has 1 aromatic carbocycles. The van der Waals surface area contributed by atoms with Crippen molar-refractivity contribution in [1.29, 1.82) is 0 Å². The monoisotopic (exact) mass is 325 g/mol. The molecule has 0 aromatic heterocycles. The summed E-state index contributed by atoms with van der Waals surface area (Å²) >= 11 is 3.33. The van der Waals surface area contributed by atoms with E-state index in [1.807, 2.05) is 0 Å². The van der Waals surface area contributed by atoms with Crippen molar-refractivity contribution < 1.29 is 9.53 Å². The quantitative estimate of drug-likeness (QED) is 0.660. The van der Waals surface area contributed by atoms with Crippen LogP contribution in [0.4, 0.5) is 5.69 Å². The van der Waals surface area contributed by atoms with Gasteiger partial charge in [-0.3, -0.25) is 0 Å². The van der Waals surface area contributed by atoms with Crippen molar-refractivity contribution in [3.63, 3.8) is 0 Å². The number of rotatable bonds is 2. The highest BCUT2D eigenvalue weighted by Gasteiger charge is 2.27. The first-order valence-electron chi connectivity index (χ1n) is 6.73. The highest BCUT2D eigenvalue weighted by atomic mass is 79.9. The van der Waals surface area contributed by atoms with Crippen molar-refractivity contribution in [2.24, 2.45) is 11.8 Å². The highest BCUT2D eigenvalue weighted by Crippen LogP contribution is 2.31. The molecule has 1 aliphatic rings. The van der Waals surface area contributed by atoms with Crippen LogP contribution < -0.4 is 5.73 Å². The fraction of sp³-hybridized carbons (Fsp3) is 0.533. The van der Waals surface area contributed by atoms with Gasteiger partial charge in [-0.1, -0.05) is 29.8 Å². The van der Waals surface area contributed by atoms with Gasteiger partial charge >= 0.3 is 5.97 Å². The van der Waals surface area contributed by atoms with Gasteiger partial charge in [0.2, 0.25) is 0 Å². The molecule has 1 saturated carbocycles. The van der Waals surface area contributed by atoms with Crippen molar-refractivity contribution in [3.8, 4) is 0 Å². The lowest BCUT2D eigenvalue weighted by molar-refractivity contribution is 0.00890. The number of anilines is 1. The molecule has 104 valence electrons. The maximum atomic E-state index is 12.1. The van der Waals surface area contributed by atoms with Crippen LogP contribution in [0.3, 0.4) is 0 Å². The minimum Gasteiger partial charge on any atom is -0.459 e. The third kappa shape index (κ3) is 3.50. The van der Waals surface area contributed by atoms with Crippen molar-refractivity contribution in [2.45, 2.75) is 39.2 Å². The number of ether oxygens (including phenoxy) is 1. The van der Waals surface area contributed by atoms with E-state index in [2.05, 4.69) is 29.8 Å². The van der Waals surface area contributed by atoms with Crippen LogP contribution >= 0.6 is 15.9 Å². The SMILES string of the molecule is CC1CCC(OC(=O)c2ccc(Br)cc2N)CC1C. The maximum absolute atomic E-state index is 12.1. The summed E-state index contributed by atoms with van der Waals surface area (Å²) < 4.78 is 6.45. The summed E-state index contributed by atoms with van der Waals surface area (Å²) in [5, 5.41) is 0. The highest BCUT2D eigenvalue weighted by molar-refractivity contribution is 9.10. The molecular formula is C15H20BrNO2. The summed E-state index contributed by atoms with van der Waals surface area (Å²) in [6.07, 6.45) is 3.05. The van der Waals surface area contributed by atoms with Crippen molar-refractivity contribution in [3.05, 3.63) is 28.2 Å². The van der Waals surface area contributed by atoms with Gasteiger partial charge in [0.25, 0.3) is 0 Å². The minimum absolute atomic E-state index is 0.0294. The lowest BCUT2D eigenvalue weighted by Crippen LogP contribution is -2.28. The predicted molar refractivity (Wildman–Crippen MR) is 79.9 cm³/mol. The standard InChI is InChI=1S/C15H20BrNO2/c1-9-3-5-12(7-10(9)2)19-15(18)13-6-4-11(16)8-14(13)17/h4,6,8-10,12H,3,5,7,17H2,1-2H3. The van der Waals surface area contributed by atoms with E-state index < -0.39 is 0 Å². The van der Waals surface area contributed by atoms with Gasteiger partial charge in [-0.2, -0.15) is 0 Å². The first-order chi connectivity index (χ1) is 8.97. The summed E-state index contributed by atoms with van der Waals surface area (Å²) in [5.41, 5.74) is 6.75. The molecule has 2 N–H and O–H groups in total. The third-order valence-corrected chi connectivity index (χ3v) is 4.55. The molecule has 19 heavy (non-hydrogen) atoms. The zero-order valence-corrected chi connectivity index (χ0v) is 12.9. The number of hydrogen-bond donors (Lipinski definition) is 1. The first-order valence-corrected chi connectivity index (χ1v) is 7.52. The van der Waals surface area contributed by atoms with E-state index in [-0.39, 0.29) is 12.1 Å². The van der Waals surface area contributed by atoms with E-state index in [1.165, 1.54) is 0 Å². The number of esters is 1. The molecule has 0 bridgehead atoms. The van der Waals surface area contributed by atoms with E-state index in [0.29, 0.717) is 23.1 Å². The molecule has 0 spiro atoms. The molecule has 0 radical (unpaired) electrons. The minimum atomic E-state index is -0.309. The molecular weight excluding hydrogens is 306 g/mol. The number of nitrogen functional groups attached to an aromatic ring is 1. The Hall–Kier alpha value is -1.03. The van der Waals surface area contributed by atoms with Crippen LogP contribution in [0.2, 0.25) is 0 Å². The van der Waals surface area contributed by atoms with Gasteiger partial charge in [-0.05, 0) is 49.3 Å². The lowest BCUT2D eigenvalue weighted by atomic mass is 9.80. The van der Waals surface area contributed by atoms with Gasteiger partial charge in [0.05, 0.1) is 5.56 Å². The number of halogens is 1. The summed E-state index contributed by atoms with van der Waals surface area (Å²) in [6.45, 7) is 4.48. The van der Waals surface area contributed by atoms with Gasteiger partial charge in [-0.25, -0.2) is 4.79 Å². The molecule has 0 amide bonds. The molecule has 3 atom stereocenters. The summed E-state index contributed by atoms with van der Waals surface area (Å²) in [5.74, 6) is 1.01. The topological polar surface area (TPSA) is 52.3 Å². The molecule has 0 heterocycles. The van der Waals surface area contributed by atoms with Gasteiger partial charge in [0, 0.05) is 10.2 Å². The second kappa shape index (κ2) is 5.95. The van der Waals surface area contributed by atoms with Crippen LogP contribution in [-0.2, 0) is 4.74 Å². The number of carbonyl (C=O) groups is 1. The number of hydrogen-bond acceptors (Lipinski definition) is 3. The number of benzene rings is 1. The van der Waals surface area contributed by atoms with Crippen LogP contribution in [-0.4, -0.2) is 12.1 Å². The van der Waals surface area contributed by atoms with Crippen LogP contribution in [0.5, 0.6) is 0 Å². The van der Waals surface area contributed by atoms with Crippen molar-refractivity contribution in [2.75, 3.05) is 5.73 Å². The van der Waals surface area contributed by atoms with E-state index in [4.69, 9.17) is 10.5 Å². The van der Waals surface area contributed by atoms with Crippen LogP contribution in [0.15, 0.2) is 22.7 Å². The number of carbonyl (C=O) groups excluding carboxylic acids is 1. The second-order valence-electron chi connectivity index (χ2n) is 5.53. The molecule has 0 saturated heterocycles. The summed E-state index contributed by atoms with van der Waals surface area (Å²) in [7, 11) is 0. The van der Waals surface area contributed by atoms with Crippen molar-refractivity contribution in [1.82, 2.24) is 0 Å². The van der Waals surface area contributed by atoms with Crippen LogP contribution in [0.1, 0.15) is 43.5 Å². The smallest absolute Gasteiger partial charge is 0.340 e. The second-order valence-corrected chi connectivity index (χ2v) is 6.44. The molecule has 3 nitrogen and oxygen atoms in total. The normalized spacial score (nSPS) is 27.0. The molecule has 3 unspecified atom stereocenters.